The fourth-order valence-electron chi connectivity index (χ4n) is 4.84. The quantitative estimate of drug-likeness (QED) is 0.0655. The molecule has 8 heteroatoms. The highest BCUT2D eigenvalue weighted by atomic mass is 31.2. The van der Waals surface area contributed by atoms with E-state index in [2.05, 4.69) is 21.0 Å². The molecule has 0 aromatic carbocycles. The van der Waals surface area contributed by atoms with Gasteiger partial charge in [0.2, 0.25) is 0 Å². The standard InChI is InChI=1S/C29H60NO6P/c1-4-5-6-7-8-9-10-11-12-13-14-15-16-17-18-19-24-33-25-26-34-27-28-35-37(31,32)36-29-20-22-30(2,3)23-21-29/h29H,4-28H2,1-3H3. The van der Waals surface area contributed by atoms with Crippen LogP contribution >= 0.6 is 7.82 Å². The first-order chi connectivity index (χ1) is 17.8. The number of hydrogen-bond donors (Lipinski definition) is 0. The average Bonchev–Trinajstić information content (AvgIpc) is 2.85. The number of phosphoric ester groups is 1. The van der Waals surface area contributed by atoms with E-state index in [0.717, 1.165) is 43.4 Å². The second-order valence-electron chi connectivity index (χ2n) is 11.5. The van der Waals surface area contributed by atoms with E-state index in [1.807, 2.05) is 0 Å². The Balaban J connectivity index is 1.75. The van der Waals surface area contributed by atoms with Gasteiger partial charge in [0.05, 0.1) is 59.7 Å². The number of hydrogen-bond acceptors (Lipinski definition) is 6. The van der Waals surface area contributed by atoms with Crippen LogP contribution < -0.4 is 4.89 Å². The molecule has 222 valence electrons. The van der Waals surface area contributed by atoms with Gasteiger partial charge in [0.15, 0.2) is 0 Å². The monoisotopic (exact) mass is 549 g/mol. The fraction of sp³-hybridized carbons (Fsp3) is 1.00. The maximum atomic E-state index is 12.0. The molecule has 0 N–H and O–H groups in total. The molecule has 0 aromatic rings. The van der Waals surface area contributed by atoms with E-state index in [1.54, 1.807) is 0 Å². The van der Waals surface area contributed by atoms with Crippen LogP contribution in [0, 0.1) is 0 Å². The van der Waals surface area contributed by atoms with Crippen LogP contribution in [0.1, 0.15) is 122 Å². The third-order valence-corrected chi connectivity index (χ3v) is 8.44. The van der Waals surface area contributed by atoms with Crippen LogP contribution in [0.15, 0.2) is 0 Å². The topological polar surface area (TPSA) is 77.1 Å². The molecule has 7 nitrogen and oxygen atoms in total. The van der Waals surface area contributed by atoms with Crippen LogP contribution in [0.4, 0.5) is 0 Å². The Bertz CT molecular complexity index is 553. The third-order valence-electron chi connectivity index (χ3n) is 7.38. The molecule has 1 unspecified atom stereocenters. The maximum absolute atomic E-state index is 12.0. The fourth-order valence-corrected chi connectivity index (χ4v) is 5.78. The van der Waals surface area contributed by atoms with Crippen LogP contribution in [0.25, 0.3) is 0 Å². The SMILES string of the molecule is CCCCCCCCCCCCCCCCCCOCCOCCOP(=O)([O-])OC1CC[N+](C)(C)CC1. The Morgan fingerprint density at radius 3 is 1.54 bits per heavy atom. The van der Waals surface area contributed by atoms with Crippen molar-refractivity contribution in [1.82, 2.24) is 0 Å². The predicted octanol–water partition coefficient (Wildman–Crippen LogP) is 7.02. The predicted molar refractivity (Wildman–Crippen MR) is 151 cm³/mol. The first-order valence-electron chi connectivity index (χ1n) is 15.5. The molecule has 0 spiro atoms. The van der Waals surface area contributed by atoms with Crippen molar-refractivity contribution in [2.45, 2.75) is 129 Å². The Kier molecular flexibility index (Phi) is 21.5. The molecule has 0 radical (unpaired) electrons. The van der Waals surface area contributed by atoms with Gasteiger partial charge < -0.3 is 27.9 Å². The first kappa shape index (κ1) is 35.0. The largest absolute Gasteiger partial charge is 0.756 e. The summed E-state index contributed by atoms with van der Waals surface area (Å²) in [7, 11) is 0.0209. The van der Waals surface area contributed by atoms with E-state index in [4.69, 9.17) is 18.5 Å². The van der Waals surface area contributed by atoms with Gasteiger partial charge in [-0.05, 0) is 6.42 Å². The number of nitrogens with zero attached hydrogens (tertiary/aromatic N) is 1. The molecule has 1 aliphatic heterocycles. The van der Waals surface area contributed by atoms with Gasteiger partial charge in [-0.3, -0.25) is 4.57 Å². The van der Waals surface area contributed by atoms with Crippen molar-refractivity contribution < 1.29 is 32.5 Å². The van der Waals surface area contributed by atoms with Gasteiger partial charge in [0.1, 0.15) is 0 Å². The van der Waals surface area contributed by atoms with Crippen molar-refractivity contribution in [3.05, 3.63) is 0 Å². The molecule has 0 aliphatic carbocycles. The molecule has 0 saturated carbocycles. The molecule has 1 saturated heterocycles. The highest BCUT2D eigenvalue weighted by molar-refractivity contribution is 7.45. The minimum absolute atomic E-state index is 0.0197. The first-order valence-corrected chi connectivity index (χ1v) is 16.9. The van der Waals surface area contributed by atoms with E-state index < -0.39 is 7.82 Å². The van der Waals surface area contributed by atoms with E-state index >= 15 is 0 Å². The zero-order valence-corrected chi connectivity index (χ0v) is 25.5. The summed E-state index contributed by atoms with van der Waals surface area (Å²) in [6, 6.07) is 0. The lowest BCUT2D eigenvalue weighted by Crippen LogP contribution is -2.48. The normalized spacial score (nSPS) is 17.7. The van der Waals surface area contributed by atoms with Crippen LogP contribution in [0.2, 0.25) is 0 Å². The third kappa shape index (κ3) is 22.5. The summed E-state index contributed by atoms with van der Waals surface area (Å²) in [6.45, 7) is 6.03. The van der Waals surface area contributed by atoms with Crippen LogP contribution in [-0.2, 0) is 23.1 Å². The summed E-state index contributed by atoms with van der Waals surface area (Å²) in [6.07, 6.45) is 23.1. The van der Waals surface area contributed by atoms with Crippen molar-refractivity contribution in [3.8, 4) is 0 Å². The molecule has 1 atom stereocenters. The molecule has 0 amide bonds. The van der Waals surface area contributed by atoms with E-state index in [1.165, 1.54) is 96.3 Å². The number of phosphoric acid groups is 1. The minimum Gasteiger partial charge on any atom is -0.756 e. The molecule has 0 aromatic heterocycles. The summed E-state index contributed by atoms with van der Waals surface area (Å²) in [5.74, 6) is 0. The molecule has 0 bridgehead atoms. The van der Waals surface area contributed by atoms with Crippen LogP contribution in [-0.4, -0.2) is 70.8 Å². The number of piperidine rings is 1. The Labute approximate surface area is 229 Å². The van der Waals surface area contributed by atoms with Gasteiger partial charge in [-0.15, -0.1) is 0 Å². The number of likely N-dealkylation sites (tertiary alicyclic amines) is 1. The molecule has 1 heterocycles. The summed E-state index contributed by atoms with van der Waals surface area (Å²) in [4.78, 5) is 12.0. The van der Waals surface area contributed by atoms with Crippen LogP contribution in [0.5, 0.6) is 0 Å². The zero-order chi connectivity index (χ0) is 27.1. The molecule has 1 aliphatic rings. The van der Waals surface area contributed by atoms with E-state index in [0.29, 0.717) is 13.2 Å². The summed E-state index contributed by atoms with van der Waals surface area (Å²) in [5.41, 5.74) is 0. The second-order valence-corrected chi connectivity index (χ2v) is 12.9. The number of unbranched alkanes of at least 4 members (excludes halogenated alkanes) is 15. The lowest BCUT2D eigenvalue weighted by Gasteiger charge is -2.38. The highest BCUT2D eigenvalue weighted by Gasteiger charge is 2.29. The number of quaternary nitrogens is 1. The van der Waals surface area contributed by atoms with Crippen molar-refractivity contribution in [3.63, 3.8) is 0 Å². The summed E-state index contributed by atoms with van der Waals surface area (Å²) < 4.78 is 34.0. The molecular formula is C29H60NO6P. The van der Waals surface area contributed by atoms with Gasteiger partial charge in [0, 0.05) is 19.4 Å². The lowest BCUT2D eigenvalue weighted by molar-refractivity contribution is -0.896. The molecular weight excluding hydrogens is 489 g/mol. The van der Waals surface area contributed by atoms with Crippen LogP contribution in [0.3, 0.4) is 0 Å². The van der Waals surface area contributed by atoms with E-state index in [-0.39, 0.29) is 19.3 Å². The van der Waals surface area contributed by atoms with Gasteiger partial charge in [0.25, 0.3) is 7.82 Å². The van der Waals surface area contributed by atoms with Crippen molar-refractivity contribution in [2.75, 3.05) is 60.2 Å². The zero-order valence-electron chi connectivity index (χ0n) is 24.6. The Morgan fingerprint density at radius 1 is 0.649 bits per heavy atom. The highest BCUT2D eigenvalue weighted by Crippen LogP contribution is 2.41. The van der Waals surface area contributed by atoms with Gasteiger partial charge in [-0.25, -0.2) is 0 Å². The Hall–Kier alpha value is -0.0100. The van der Waals surface area contributed by atoms with Gasteiger partial charge >= 0.3 is 0 Å². The number of ether oxygens (including phenoxy) is 2. The number of rotatable bonds is 26. The molecule has 1 rings (SSSR count). The molecule has 37 heavy (non-hydrogen) atoms. The van der Waals surface area contributed by atoms with Gasteiger partial charge in [-0.1, -0.05) is 103 Å². The summed E-state index contributed by atoms with van der Waals surface area (Å²) >= 11 is 0. The van der Waals surface area contributed by atoms with Crippen molar-refractivity contribution in [1.29, 1.82) is 0 Å². The molecule has 1 fully saturated rings. The lowest BCUT2D eigenvalue weighted by atomic mass is 10.0. The average molecular weight is 550 g/mol. The van der Waals surface area contributed by atoms with Crippen molar-refractivity contribution >= 4 is 7.82 Å². The Morgan fingerprint density at radius 2 is 1.05 bits per heavy atom. The van der Waals surface area contributed by atoms with E-state index in [9.17, 15) is 9.46 Å². The van der Waals surface area contributed by atoms with Gasteiger partial charge in [-0.2, -0.15) is 0 Å². The maximum Gasteiger partial charge on any atom is 0.268 e. The second kappa shape index (κ2) is 22.8. The van der Waals surface area contributed by atoms with Crippen molar-refractivity contribution in [2.24, 2.45) is 0 Å². The summed E-state index contributed by atoms with van der Waals surface area (Å²) in [5, 5.41) is 0. The smallest absolute Gasteiger partial charge is 0.268 e. The minimum atomic E-state index is -4.27.